The van der Waals surface area contributed by atoms with Crippen molar-refractivity contribution in [3.8, 4) is 0 Å². The van der Waals surface area contributed by atoms with Crippen molar-refractivity contribution in [1.82, 2.24) is 0 Å². The molecule has 0 saturated heterocycles. The number of allylic oxidation sites excluding steroid dienone is 2. The lowest BCUT2D eigenvalue weighted by molar-refractivity contribution is -0.143. The maximum absolute atomic E-state index is 11.2. The van der Waals surface area contributed by atoms with Crippen LogP contribution in [0.1, 0.15) is 20.8 Å². The normalized spacial score (nSPS) is 32.0. The monoisotopic (exact) mass is 168 g/mol. The summed E-state index contributed by atoms with van der Waals surface area (Å²) in [7, 11) is 1.45. The number of carbonyl (C=O) groups excluding carboxylic acids is 1. The molecule has 1 aliphatic carbocycles. The second kappa shape index (κ2) is 2.92. The summed E-state index contributed by atoms with van der Waals surface area (Å²) in [5.74, 6) is 0.358. The lowest BCUT2D eigenvalue weighted by Gasteiger charge is -1.98. The quantitative estimate of drug-likeness (QED) is 0.465. The van der Waals surface area contributed by atoms with Crippen molar-refractivity contribution in [3.05, 3.63) is 12.2 Å². The highest BCUT2D eigenvalue weighted by molar-refractivity contribution is 5.78. The van der Waals surface area contributed by atoms with Crippen LogP contribution in [0.5, 0.6) is 0 Å². The van der Waals surface area contributed by atoms with Crippen LogP contribution >= 0.6 is 0 Å². The Morgan fingerprint density at radius 1 is 1.50 bits per heavy atom. The van der Waals surface area contributed by atoms with Crippen molar-refractivity contribution >= 4 is 5.97 Å². The maximum Gasteiger partial charge on any atom is 0.309 e. The van der Waals surface area contributed by atoms with E-state index in [9.17, 15) is 4.79 Å². The van der Waals surface area contributed by atoms with Crippen molar-refractivity contribution < 1.29 is 9.53 Å². The van der Waals surface area contributed by atoms with Crippen LogP contribution in [0.15, 0.2) is 12.2 Å². The molecule has 0 unspecified atom stereocenters. The number of methoxy groups -OCH3 is 1. The van der Waals surface area contributed by atoms with Gasteiger partial charge >= 0.3 is 5.97 Å². The zero-order valence-corrected chi connectivity index (χ0v) is 8.13. The Balaban J connectivity index is 2.66. The van der Waals surface area contributed by atoms with Crippen LogP contribution in [0, 0.1) is 17.3 Å². The molecular formula is C10H16O2. The van der Waals surface area contributed by atoms with Gasteiger partial charge in [-0.05, 0) is 18.3 Å². The molecule has 2 atom stereocenters. The lowest BCUT2D eigenvalue weighted by atomic mass is 10.1. The number of carbonyl (C=O) groups is 1. The fraction of sp³-hybridized carbons (Fsp3) is 0.700. The number of ether oxygens (including phenoxy) is 1. The van der Waals surface area contributed by atoms with Gasteiger partial charge in [-0.2, -0.15) is 0 Å². The van der Waals surface area contributed by atoms with E-state index >= 15 is 0 Å². The Labute approximate surface area is 73.6 Å². The zero-order valence-electron chi connectivity index (χ0n) is 8.13. The molecule has 0 heterocycles. The minimum Gasteiger partial charge on any atom is -0.469 e. The number of hydrogen-bond donors (Lipinski definition) is 0. The number of rotatable bonds is 2. The van der Waals surface area contributed by atoms with Crippen molar-refractivity contribution in [2.45, 2.75) is 20.8 Å². The molecule has 2 heteroatoms. The van der Waals surface area contributed by atoms with Crippen LogP contribution in [0.3, 0.4) is 0 Å². The molecule has 1 fully saturated rings. The molecule has 1 saturated carbocycles. The van der Waals surface area contributed by atoms with Gasteiger partial charge in [0.25, 0.3) is 0 Å². The third-order valence-electron chi connectivity index (χ3n) is 2.77. The Kier molecular flexibility index (Phi) is 2.27. The van der Waals surface area contributed by atoms with Crippen molar-refractivity contribution in [2.75, 3.05) is 7.11 Å². The predicted molar refractivity (Wildman–Crippen MR) is 47.6 cm³/mol. The second-order valence-electron chi connectivity index (χ2n) is 3.87. The topological polar surface area (TPSA) is 26.3 Å². The molecule has 0 aromatic heterocycles. The zero-order chi connectivity index (χ0) is 9.35. The third-order valence-corrected chi connectivity index (χ3v) is 2.77. The summed E-state index contributed by atoms with van der Waals surface area (Å²) in [6, 6.07) is 0. The van der Waals surface area contributed by atoms with Crippen LogP contribution in [-0.4, -0.2) is 13.1 Å². The van der Waals surface area contributed by atoms with Crippen LogP contribution in [0.2, 0.25) is 0 Å². The standard InChI is InChI=1S/C10H16O2/c1-5-6-7-8(9(11)12-4)10(7,2)3/h5-8H,1-4H3/t7-,8+/m1/s1. The molecule has 1 rings (SSSR count). The number of esters is 1. The first-order valence-electron chi connectivity index (χ1n) is 4.26. The first-order chi connectivity index (χ1) is 5.55. The molecule has 0 N–H and O–H groups in total. The third kappa shape index (κ3) is 1.26. The minimum atomic E-state index is -0.0805. The molecule has 0 bridgehead atoms. The van der Waals surface area contributed by atoms with Crippen molar-refractivity contribution in [2.24, 2.45) is 17.3 Å². The van der Waals surface area contributed by atoms with E-state index in [0.29, 0.717) is 5.92 Å². The summed E-state index contributed by atoms with van der Waals surface area (Å²) in [5, 5.41) is 0. The Morgan fingerprint density at radius 2 is 2.08 bits per heavy atom. The summed E-state index contributed by atoms with van der Waals surface area (Å²) >= 11 is 0. The van der Waals surface area contributed by atoms with E-state index in [4.69, 9.17) is 4.74 Å². The fourth-order valence-electron chi connectivity index (χ4n) is 1.82. The summed E-state index contributed by atoms with van der Waals surface area (Å²) < 4.78 is 4.71. The van der Waals surface area contributed by atoms with Gasteiger partial charge in [-0.3, -0.25) is 4.79 Å². The summed E-state index contributed by atoms with van der Waals surface area (Å²) in [6.45, 7) is 6.17. The molecule has 0 aromatic carbocycles. The molecule has 0 amide bonds. The van der Waals surface area contributed by atoms with E-state index < -0.39 is 0 Å². The molecular weight excluding hydrogens is 152 g/mol. The van der Waals surface area contributed by atoms with Crippen molar-refractivity contribution in [1.29, 1.82) is 0 Å². The van der Waals surface area contributed by atoms with Crippen molar-refractivity contribution in [3.63, 3.8) is 0 Å². The highest BCUT2D eigenvalue weighted by atomic mass is 16.5. The Bertz CT molecular complexity index is 216. The van der Waals surface area contributed by atoms with E-state index in [2.05, 4.69) is 19.9 Å². The molecule has 12 heavy (non-hydrogen) atoms. The summed E-state index contributed by atoms with van der Waals surface area (Å²) in [4.78, 5) is 11.2. The summed E-state index contributed by atoms with van der Waals surface area (Å²) in [5.41, 5.74) is 0.0968. The predicted octanol–water partition coefficient (Wildman–Crippen LogP) is 2.01. The SMILES string of the molecule is CC=C[C@@H]1[C@@H](C(=O)OC)C1(C)C. The van der Waals surface area contributed by atoms with E-state index in [0.717, 1.165) is 0 Å². The van der Waals surface area contributed by atoms with Crippen LogP contribution in [0.25, 0.3) is 0 Å². The van der Waals surface area contributed by atoms with Gasteiger partial charge in [0, 0.05) is 0 Å². The van der Waals surface area contributed by atoms with Gasteiger partial charge in [0.15, 0.2) is 0 Å². The largest absolute Gasteiger partial charge is 0.469 e. The van der Waals surface area contributed by atoms with Gasteiger partial charge in [-0.1, -0.05) is 26.0 Å². The van der Waals surface area contributed by atoms with Gasteiger partial charge in [-0.25, -0.2) is 0 Å². The Hall–Kier alpha value is -0.790. The molecule has 0 spiro atoms. The second-order valence-corrected chi connectivity index (χ2v) is 3.87. The van der Waals surface area contributed by atoms with Crippen LogP contribution in [-0.2, 0) is 9.53 Å². The average Bonchev–Trinajstić information content (AvgIpc) is 2.53. The molecule has 2 nitrogen and oxygen atoms in total. The van der Waals surface area contributed by atoms with E-state index in [1.807, 2.05) is 13.0 Å². The first-order valence-corrected chi connectivity index (χ1v) is 4.26. The highest BCUT2D eigenvalue weighted by Crippen LogP contribution is 2.59. The lowest BCUT2D eigenvalue weighted by Crippen LogP contribution is -2.07. The van der Waals surface area contributed by atoms with Gasteiger partial charge in [-0.15, -0.1) is 0 Å². The molecule has 68 valence electrons. The van der Waals surface area contributed by atoms with Crippen LogP contribution in [0.4, 0.5) is 0 Å². The Morgan fingerprint density at radius 3 is 2.50 bits per heavy atom. The summed E-state index contributed by atoms with van der Waals surface area (Å²) in [6.07, 6.45) is 4.08. The smallest absolute Gasteiger partial charge is 0.309 e. The highest BCUT2D eigenvalue weighted by Gasteiger charge is 2.60. The number of hydrogen-bond acceptors (Lipinski definition) is 2. The van der Waals surface area contributed by atoms with Gasteiger partial charge < -0.3 is 4.74 Å². The maximum atomic E-state index is 11.2. The first kappa shape index (κ1) is 9.30. The molecule has 1 aliphatic rings. The average molecular weight is 168 g/mol. The van der Waals surface area contributed by atoms with E-state index in [1.54, 1.807) is 0 Å². The molecule has 0 aromatic rings. The minimum absolute atomic E-state index is 0.0682. The van der Waals surface area contributed by atoms with E-state index in [1.165, 1.54) is 7.11 Å². The van der Waals surface area contributed by atoms with Gasteiger partial charge in [0.1, 0.15) is 0 Å². The molecule has 0 aliphatic heterocycles. The van der Waals surface area contributed by atoms with Crippen LogP contribution < -0.4 is 0 Å². The van der Waals surface area contributed by atoms with Gasteiger partial charge in [0.05, 0.1) is 13.0 Å². The fourth-order valence-corrected chi connectivity index (χ4v) is 1.82. The van der Waals surface area contributed by atoms with Gasteiger partial charge in [0.2, 0.25) is 0 Å². The van der Waals surface area contributed by atoms with E-state index in [-0.39, 0.29) is 17.3 Å². The molecule has 0 radical (unpaired) electrons.